The average molecular weight is 192 g/mol. The number of hydrogen-bond donors (Lipinski definition) is 1. The van der Waals surface area contributed by atoms with Crippen LogP contribution in [-0.4, -0.2) is 4.98 Å². The Hall–Kier alpha value is -1.63. The lowest BCUT2D eigenvalue weighted by atomic mass is 10.0. The molecule has 1 aromatic heterocycles. The van der Waals surface area contributed by atoms with Crippen molar-refractivity contribution in [2.45, 2.75) is 18.8 Å². The molecule has 0 aliphatic heterocycles. The summed E-state index contributed by atoms with van der Waals surface area (Å²) in [4.78, 5) is 13.7. The normalized spacial score (nSPS) is 17.4. The highest BCUT2D eigenvalue weighted by Gasteiger charge is 2.33. The first-order valence-corrected chi connectivity index (χ1v) is 4.50. The number of hydrogen-bond acceptors (Lipinski definition) is 2. The SMILES string of the molecule is N#CC(c1cc(=O)c(F)c[nH]1)C1CC1. The molecule has 14 heavy (non-hydrogen) atoms. The fourth-order valence-corrected chi connectivity index (χ4v) is 1.51. The highest BCUT2D eigenvalue weighted by Crippen LogP contribution is 2.41. The van der Waals surface area contributed by atoms with Crippen molar-refractivity contribution in [1.82, 2.24) is 4.98 Å². The molecule has 0 amide bonds. The topological polar surface area (TPSA) is 56.6 Å². The minimum absolute atomic E-state index is 0.289. The maximum absolute atomic E-state index is 12.7. The summed E-state index contributed by atoms with van der Waals surface area (Å²) in [5.74, 6) is -0.759. The van der Waals surface area contributed by atoms with Gasteiger partial charge in [-0.15, -0.1) is 0 Å². The predicted octanol–water partition coefficient (Wildman–Crippen LogP) is 1.53. The van der Waals surface area contributed by atoms with Gasteiger partial charge in [0.2, 0.25) is 5.43 Å². The molecule has 1 aromatic rings. The lowest BCUT2D eigenvalue weighted by Gasteiger charge is -2.06. The standard InChI is InChI=1S/C10H9FN2O/c11-8-5-13-9(3-10(8)14)7(4-12)6-1-2-6/h3,5-7H,1-2H2,(H,13,14). The summed E-state index contributed by atoms with van der Waals surface area (Å²) in [5, 5.41) is 8.88. The molecule has 1 N–H and O–H groups in total. The Morgan fingerprint density at radius 1 is 1.64 bits per heavy atom. The van der Waals surface area contributed by atoms with Gasteiger partial charge in [-0.05, 0) is 18.8 Å². The molecule has 4 heteroatoms. The minimum atomic E-state index is -0.804. The van der Waals surface area contributed by atoms with Crippen molar-refractivity contribution >= 4 is 0 Å². The van der Waals surface area contributed by atoms with Gasteiger partial charge < -0.3 is 4.98 Å². The third-order valence-corrected chi connectivity index (χ3v) is 2.46. The van der Waals surface area contributed by atoms with Gasteiger partial charge in [0.25, 0.3) is 0 Å². The largest absolute Gasteiger partial charge is 0.361 e. The van der Waals surface area contributed by atoms with Crippen LogP contribution in [-0.2, 0) is 0 Å². The van der Waals surface area contributed by atoms with Crippen molar-refractivity contribution in [3.8, 4) is 6.07 Å². The molecule has 1 aliphatic carbocycles. The molecule has 0 saturated heterocycles. The summed E-state index contributed by atoms with van der Waals surface area (Å²) < 4.78 is 12.7. The number of aromatic amines is 1. The molecule has 0 spiro atoms. The number of aromatic nitrogens is 1. The molecule has 0 bridgehead atoms. The summed E-state index contributed by atoms with van der Waals surface area (Å²) in [7, 11) is 0. The minimum Gasteiger partial charge on any atom is -0.361 e. The van der Waals surface area contributed by atoms with Crippen LogP contribution in [0.4, 0.5) is 4.39 Å². The van der Waals surface area contributed by atoms with Crippen molar-refractivity contribution in [2.24, 2.45) is 5.92 Å². The van der Waals surface area contributed by atoms with Crippen LogP contribution in [0.1, 0.15) is 24.5 Å². The van der Waals surface area contributed by atoms with E-state index in [1.807, 2.05) is 0 Å². The van der Waals surface area contributed by atoms with E-state index < -0.39 is 11.2 Å². The van der Waals surface area contributed by atoms with Crippen LogP contribution in [0.5, 0.6) is 0 Å². The molecule has 1 saturated carbocycles. The van der Waals surface area contributed by atoms with E-state index in [4.69, 9.17) is 5.26 Å². The lowest BCUT2D eigenvalue weighted by molar-refractivity contribution is 0.603. The van der Waals surface area contributed by atoms with Crippen LogP contribution in [0.25, 0.3) is 0 Å². The molecule has 72 valence electrons. The summed E-state index contributed by atoms with van der Waals surface area (Å²) in [6.45, 7) is 0. The van der Waals surface area contributed by atoms with E-state index in [0.717, 1.165) is 19.0 Å². The molecular weight excluding hydrogens is 183 g/mol. The monoisotopic (exact) mass is 192 g/mol. The van der Waals surface area contributed by atoms with Crippen molar-refractivity contribution in [3.63, 3.8) is 0 Å². The molecule has 1 fully saturated rings. The van der Waals surface area contributed by atoms with Gasteiger partial charge in [0.15, 0.2) is 5.82 Å². The van der Waals surface area contributed by atoms with E-state index in [2.05, 4.69) is 11.1 Å². The molecule has 1 aliphatic rings. The quantitative estimate of drug-likeness (QED) is 0.772. The number of halogens is 1. The van der Waals surface area contributed by atoms with Gasteiger partial charge in [-0.2, -0.15) is 5.26 Å². The van der Waals surface area contributed by atoms with Gasteiger partial charge in [-0.25, -0.2) is 4.39 Å². The average Bonchev–Trinajstić information content (AvgIpc) is 2.96. The Kier molecular flexibility index (Phi) is 2.08. The summed E-state index contributed by atoms with van der Waals surface area (Å²) in [6.07, 6.45) is 3.04. The Morgan fingerprint density at radius 2 is 2.36 bits per heavy atom. The molecule has 1 unspecified atom stereocenters. The summed E-state index contributed by atoms with van der Waals surface area (Å²) in [6, 6.07) is 3.32. The van der Waals surface area contributed by atoms with Gasteiger partial charge in [0.05, 0.1) is 12.0 Å². The van der Waals surface area contributed by atoms with Crippen LogP contribution >= 0.6 is 0 Å². The van der Waals surface area contributed by atoms with Crippen molar-refractivity contribution in [1.29, 1.82) is 5.26 Å². The van der Waals surface area contributed by atoms with Crippen LogP contribution in [0, 0.1) is 23.1 Å². The van der Waals surface area contributed by atoms with Gasteiger partial charge in [0, 0.05) is 18.0 Å². The highest BCUT2D eigenvalue weighted by molar-refractivity contribution is 5.20. The fourth-order valence-electron chi connectivity index (χ4n) is 1.51. The molecule has 3 nitrogen and oxygen atoms in total. The van der Waals surface area contributed by atoms with Crippen molar-refractivity contribution < 1.29 is 4.39 Å². The molecular formula is C10H9FN2O. The Morgan fingerprint density at radius 3 is 2.86 bits per heavy atom. The fraction of sp³-hybridized carbons (Fsp3) is 0.400. The molecule has 1 heterocycles. The zero-order valence-corrected chi connectivity index (χ0v) is 7.46. The summed E-state index contributed by atoms with van der Waals surface area (Å²) in [5.41, 5.74) is -0.124. The van der Waals surface area contributed by atoms with Crippen LogP contribution in [0.3, 0.4) is 0 Å². The second-order valence-electron chi connectivity index (χ2n) is 3.54. The number of nitrogens with zero attached hydrogens (tertiary/aromatic N) is 1. The molecule has 1 atom stereocenters. The van der Waals surface area contributed by atoms with Crippen LogP contribution < -0.4 is 5.43 Å². The lowest BCUT2D eigenvalue weighted by Crippen LogP contribution is -2.11. The van der Waals surface area contributed by atoms with E-state index in [1.54, 1.807) is 0 Å². The van der Waals surface area contributed by atoms with Gasteiger partial charge in [-0.1, -0.05) is 0 Å². The first-order chi connectivity index (χ1) is 6.72. The van der Waals surface area contributed by atoms with Gasteiger partial charge in [0.1, 0.15) is 0 Å². The summed E-state index contributed by atoms with van der Waals surface area (Å²) >= 11 is 0. The first kappa shape index (κ1) is 8.95. The molecule has 2 rings (SSSR count). The first-order valence-electron chi connectivity index (χ1n) is 4.50. The maximum Gasteiger partial charge on any atom is 0.217 e. The zero-order chi connectivity index (χ0) is 10.1. The van der Waals surface area contributed by atoms with E-state index >= 15 is 0 Å². The second kappa shape index (κ2) is 3.26. The Balaban J connectivity index is 2.36. The number of H-pyrrole nitrogens is 1. The Bertz CT molecular complexity index is 442. The van der Waals surface area contributed by atoms with Crippen LogP contribution in [0.15, 0.2) is 17.1 Å². The third-order valence-electron chi connectivity index (χ3n) is 2.46. The van der Waals surface area contributed by atoms with E-state index in [-0.39, 0.29) is 5.92 Å². The third kappa shape index (κ3) is 1.53. The number of nitriles is 1. The van der Waals surface area contributed by atoms with Crippen LogP contribution in [0.2, 0.25) is 0 Å². The van der Waals surface area contributed by atoms with Crippen molar-refractivity contribution in [2.75, 3.05) is 0 Å². The number of pyridine rings is 1. The van der Waals surface area contributed by atoms with Gasteiger partial charge >= 0.3 is 0 Å². The zero-order valence-electron chi connectivity index (χ0n) is 7.46. The molecule has 0 aromatic carbocycles. The van der Waals surface area contributed by atoms with E-state index in [1.165, 1.54) is 6.07 Å². The maximum atomic E-state index is 12.7. The van der Waals surface area contributed by atoms with Gasteiger partial charge in [-0.3, -0.25) is 4.79 Å². The highest BCUT2D eigenvalue weighted by atomic mass is 19.1. The molecule has 0 radical (unpaired) electrons. The second-order valence-corrected chi connectivity index (χ2v) is 3.54. The number of nitrogens with one attached hydrogen (secondary N) is 1. The predicted molar refractivity (Wildman–Crippen MR) is 48.1 cm³/mol. The number of rotatable bonds is 2. The van der Waals surface area contributed by atoms with Crippen molar-refractivity contribution in [3.05, 3.63) is 34.0 Å². The van der Waals surface area contributed by atoms with E-state index in [9.17, 15) is 9.18 Å². The smallest absolute Gasteiger partial charge is 0.217 e. The Labute approximate surface area is 80.2 Å². The van der Waals surface area contributed by atoms with E-state index in [0.29, 0.717) is 11.6 Å².